The molecule has 28 heavy (non-hydrogen) atoms. The number of hydrogen-bond acceptors (Lipinski definition) is 3. The molecule has 2 aromatic rings. The van der Waals surface area contributed by atoms with E-state index < -0.39 is 11.6 Å². The zero-order chi connectivity index (χ0) is 20.3. The molecule has 3 atom stereocenters. The molecule has 1 saturated carbocycles. The molecule has 0 radical (unpaired) electrons. The number of aliphatic carboxylic acids is 1. The second-order valence-electron chi connectivity index (χ2n) is 7.95. The van der Waals surface area contributed by atoms with Crippen molar-refractivity contribution in [2.24, 2.45) is 11.8 Å². The van der Waals surface area contributed by atoms with Crippen LogP contribution in [-0.2, 0) is 9.59 Å². The lowest BCUT2D eigenvalue weighted by atomic mass is 9.92. The van der Waals surface area contributed by atoms with Gasteiger partial charge in [0.05, 0.1) is 0 Å². The van der Waals surface area contributed by atoms with Gasteiger partial charge in [-0.15, -0.1) is 0 Å². The van der Waals surface area contributed by atoms with Crippen molar-refractivity contribution < 1.29 is 19.4 Å². The molecule has 1 aliphatic rings. The van der Waals surface area contributed by atoms with Gasteiger partial charge in [-0.05, 0) is 61.6 Å². The number of hydrogen-bond donors (Lipinski definition) is 2. The maximum atomic E-state index is 12.5. The predicted octanol–water partition coefficient (Wildman–Crippen LogP) is 4.58. The molecule has 0 aliphatic heterocycles. The molecule has 0 heterocycles. The smallest absolute Gasteiger partial charge is 0.348 e. The number of carboxylic acid groups (broad SMARTS) is 1. The summed E-state index contributed by atoms with van der Waals surface area (Å²) in [7, 11) is 0. The highest BCUT2D eigenvalue weighted by Gasteiger charge is 2.53. The Bertz CT molecular complexity index is 844. The Hall–Kier alpha value is -2.82. The van der Waals surface area contributed by atoms with Gasteiger partial charge in [0, 0.05) is 24.4 Å². The average Bonchev–Trinajstić information content (AvgIpc) is 2.91. The summed E-state index contributed by atoms with van der Waals surface area (Å²) >= 11 is 0. The SMILES string of the molecule is Cc1cc(C)cc(NC(=O)CC2CC(C)C(Oc3ccccc3)(C(=O)O)C2)c1. The van der Waals surface area contributed by atoms with E-state index in [0.29, 0.717) is 18.6 Å². The molecular weight excluding hydrogens is 354 g/mol. The summed E-state index contributed by atoms with van der Waals surface area (Å²) in [6.45, 7) is 5.87. The topological polar surface area (TPSA) is 75.6 Å². The van der Waals surface area contributed by atoms with Gasteiger partial charge in [-0.2, -0.15) is 0 Å². The van der Waals surface area contributed by atoms with E-state index in [9.17, 15) is 14.7 Å². The van der Waals surface area contributed by atoms with Crippen molar-refractivity contribution >= 4 is 17.6 Å². The first-order chi connectivity index (χ1) is 13.3. The number of carboxylic acids is 1. The third-order valence-electron chi connectivity index (χ3n) is 5.46. The summed E-state index contributed by atoms with van der Waals surface area (Å²) in [6, 6.07) is 14.9. The predicted molar refractivity (Wildman–Crippen MR) is 108 cm³/mol. The lowest BCUT2D eigenvalue weighted by Crippen LogP contribution is -2.47. The maximum Gasteiger partial charge on any atom is 0.348 e. The van der Waals surface area contributed by atoms with Gasteiger partial charge in [0.15, 0.2) is 0 Å². The van der Waals surface area contributed by atoms with Crippen LogP contribution in [0.15, 0.2) is 48.5 Å². The Kier molecular flexibility index (Phi) is 5.73. The molecule has 0 aromatic heterocycles. The van der Waals surface area contributed by atoms with E-state index in [1.165, 1.54) is 0 Å². The molecule has 2 aromatic carbocycles. The second kappa shape index (κ2) is 8.05. The van der Waals surface area contributed by atoms with E-state index in [2.05, 4.69) is 11.4 Å². The van der Waals surface area contributed by atoms with Crippen molar-refractivity contribution in [1.29, 1.82) is 0 Å². The van der Waals surface area contributed by atoms with Gasteiger partial charge in [0.2, 0.25) is 11.5 Å². The van der Waals surface area contributed by atoms with E-state index in [1.54, 1.807) is 12.1 Å². The average molecular weight is 381 g/mol. The Labute approximate surface area is 165 Å². The number of ether oxygens (including phenoxy) is 1. The Morgan fingerprint density at radius 1 is 1.14 bits per heavy atom. The van der Waals surface area contributed by atoms with E-state index in [4.69, 9.17) is 4.74 Å². The lowest BCUT2D eigenvalue weighted by Gasteiger charge is -2.30. The van der Waals surface area contributed by atoms with Crippen LogP contribution >= 0.6 is 0 Å². The van der Waals surface area contributed by atoms with E-state index in [1.807, 2.05) is 51.1 Å². The van der Waals surface area contributed by atoms with Crippen LogP contribution in [0, 0.1) is 25.7 Å². The van der Waals surface area contributed by atoms with E-state index in [-0.39, 0.29) is 24.2 Å². The Balaban J connectivity index is 1.69. The van der Waals surface area contributed by atoms with Crippen LogP contribution in [0.2, 0.25) is 0 Å². The first-order valence-corrected chi connectivity index (χ1v) is 9.64. The molecule has 1 amide bonds. The fourth-order valence-electron chi connectivity index (χ4n) is 4.26. The van der Waals surface area contributed by atoms with Gasteiger partial charge in [-0.3, -0.25) is 4.79 Å². The number of amides is 1. The van der Waals surface area contributed by atoms with Crippen LogP contribution in [-0.4, -0.2) is 22.6 Å². The van der Waals surface area contributed by atoms with Crippen molar-refractivity contribution in [3.8, 4) is 5.75 Å². The summed E-state index contributed by atoms with van der Waals surface area (Å²) in [5.41, 5.74) is 1.65. The molecular formula is C23H27NO4. The molecule has 2 N–H and O–H groups in total. The van der Waals surface area contributed by atoms with Crippen LogP contribution in [0.4, 0.5) is 5.69 Å². The largest absolute Gasteiger partial charge is 0.478 e. The zero-order valence-corrected chi connectivity index (χ0v) is 16.6. The van der Waals surface area contributed by atoms with Crippen molar-refractivity contribution in [2.45, 2.75) is 45.6 Å². The number of nitrogens with one attached hydrogen (secondary N) is 1. The molecule has 0 bridgehead atoms. The van der Waals surface area contributed by atoms with Crippen molar-refractivity contribution in [1.82, 2.24) is 0 Å². The van der Waals surface area contributed by atoms with E-state index in [0.717, 1.165) is 16.8 Å². The molecule has 148 valence electrons. The van der Waals surface area contributed by atoms with Gasteiger partial charge in [0.25, 0.3) is 0 Å². The molecule has 5 nitrogen and oxygen atoms in total. The molecule has 1 fully saturated rings. The number of carbonyl (C=O) groups is 2. The fourth-order valence-corrected chi connectivity index (χ4v) is 4.26. The van der Waals surface area contributed by atoms with Crippen LogP contribution < -0.4 is 10.1 Å². The number of aryl methyl sites for hydroxylation is 2. The number of benzene rings is 2. The normalized spacial score (nSPS) is 24.0. The highest BCUT2D eigenvalue weighted by Crippen LogP contribution is 2.44. The van der Waals surface area contributed by atoms with Gasteiger partial charge >= 0.3 is 5.97 Å². The molecule has 5 heteroatoms. The molecule has 0 saturated heterocycles. The van der Waals surface area contributed by atoms with Crippen molar-refractivity contribution in [3.63, 3.8) is 0 Å². The minimum absolute atomic E-state index is 0.0410. The van der Waals surface area contributed by atoms with Crippen molar-refractivity contribution in [2.75, 3.05) is 5.32 Å². The van der Waals surface area contributed by atoms with Crippen LogP contribution in [0.3, 0.4) is 0 Å². The highest BCUT2D eigenvalue weighted by atomic mass is 16.5. The summed E-state index contributed by atoms with van der Waals surface area (Å²) in [6.07, 6.45) is 1.24. The van der Waals surface area contributed by atoms with Crippen LogP contribution in [0.25, 0.3) is 0 Å². The summed E-state index contributed by atoms with van der Waals surface area (Å²) in [4.78, 5) is 24.6. The zero-order valence-electron chi connectivity index (χ0n) is 16.6. The number of para-hydroxylation sites is 1. The van der Waals surface area contributed by atoms with Crippen LogP contribution in [0.1, 0.15) is 37.3 Å². The minimum atomic E-state index is -1.30. The summed E-state index contributed by atoms with van der Waals surface area (Å²) < 4.78 is 5.97. The second-order valence-corrected chi connectivity index (χ2v) is 7.95. The number of rotatable bonds is 6. The standard InChI is InChI=1S/C23H27NO4/c1-15-9-16(2)11-19(10-15)24-21(25)13-18-12-17(3)23(14-18,22(26)27)28-20-7-5-4-6-8-20/h4-11,17-18H,12-14H2,1-3H3,(H,24,25)(H,26,27). The third-order valence-corrected chi connectivity index (χ3v) is 5.46. The highest BCUT2D eigenvalue weighted by molar-refractivity contribution is 5.91. The maximum absolute atomic E-state index is 12.5. The third kappa shape index (κ3) is 4.35. The Morgan fingerprint density at radius 3 is 2.39 bits per heavy atom. The number of carbonyl (C=O) groups excluding carboxylic acids is 1. The van der Waals surface area contributed by atoms with Crippen molar-refractivity contribution in [3.05, 3.63) is 59.7 Å². The summed E-state index contributed by atoms with van der Waals surface area (Å²) in [5, 5.41) is 12.9. The minimum Gasteiger partial charge on any atom is -0.478 e. The van der Waals surface area contributed by atoms with Gasteiger partial charge in [0.1, 0.15) is 5.75 Å². The number of anilines is 1. The van der Waals surface area contributed by atoms with E-state index >= 15 is 0 Å². The van der Waals surface area contributed by atoms with Crippen LogP contribution in [0.5, 0.6) is 5.75 Å². The Morgan fingerprint density at radius 2 is 1.79 bits per heavy atom. The lowest BCUT2D eigenvalue weighted by molar-refractivity contribution is -0.158. The first kappa shape index (κ1) is 19.9. The molecule has 3 unspecified atom stereocenters. The molecule has 3 rings (SSSR count). The van der Waals surface area contributed by atoms with Gasteiger partial charge in [-0.25, -0.2) is 4.79 Å². The summed E-state index contributed by atoms with van der Waals surface area (Å²) in [5.74, 6) is -0.758. The molecule has 1 aliphatic carbocycles. The van der Waals surface area contributed by atoms with Gasteiger partial charge in [-0.1, -0.05) is 31.2 Å². The van der Waals surface area contributed by atoms with Gasteiger partial charge < -0.3 is 15.2 Å². The fraction of sp³-hybridized carbons (Fsp3) is 0.391. The molecule has 0 spiro atoms. The quantitative estimate of drug-likeness (QED) is 0.768. The first-order valence-electron chi connectivity index (χ1n) is 9.64. The monoisotopic (exact) mass is 381 g/mol.